The van der Waals surface area contributed by atoms with Crippen molar-refractivity contribution in [1.29, 1.82) is 0 Å². The summed E-state index contributed by atoms with van der Waals surface area (Å²) in [5, 5.41) is 2.36. The molecule has 1 rings (SSSR count). The van der Waals surface area contributed by atoms with Gasteiger partial charge >= 0.3 is 6.18 Å². The lowest BCUT2D eigenvalue weighted by Crippen LogP contribution is -2.00. The van der Waals surface area contributed by atoms with Crippen molar-refractivity contribution in [2.24, 2.45) is 0 Å². The van der Waals surface area contributed by atoms with Crippen molar-refractivity contribution in [3.05, 3.63) is 22.4 Å². The second kappa shape index (κ2) is 2.02. The van der Waals surface area contributed by atoms with Crippen molar-refractivity contribution in [2.45, 2.75) is 6.18 Å². The first kappa shape index (κ1) is 6.61. The molecule has 0 fully saturated rings. The number of hydrogen-bond donors (Lipinski definition) is 0. The van der Waals surface area contributed by atoms with Gasteiger partial charge in [-0.1, -0.05) is 0 Å². The number of thiophene rings is 1. The Bertz CT molecular complexity index is 175. The van der Waals surface area contributed by atoms with Crippen molar-refractivity contribution in [3.63, 3.8) is 0 Å². The molecule has 49 valence electrons. The summed E-state index contributed by atoms with van der Waals surface area (Å²) in [6, 6.07) is 2.26. The minimum atomic E-state index is -4.19. The Hall–Kier alpha value is -0.510. The molecule has 0 unspecified atom stereocenters. The zero-order valence-electron chi connectivity index (χ0n) is 4.20. The molecule has 0 aliphatic rings. The standard InChI is InChI=1S/C5H2F3S/c6-5(7,8)4-2-1-3-9-4/h1-2H. The molecular weight excluding hydrogens is 149 g/mol. The summed E-state index contributed by atoms with van der Waals surface area (Å²) in [5.74, 6) is 0. The molecule has 0 spiro atoms. The average Bonchev–Trinajstić information content (AvgIpc) is 2.08. The Balaban J connectivity index is 2.90. The summed E-state index contributed by atoms with van der Waals surface area (Å²) >= 11 is 0.580. The molecule has 0 saturated carbocycles. The highest BCUT2D eigenvalue weighted by molar-refractivity contribution is 7.09. The van der Waals surface area contributed by atoms with E-state index in [2.05, 4.69) is 5.38 Å². The molecule has 0 aliphatic carbocycles. The molecular formula is C5H2F3S. The average molecular weight is 151 g/mol. The Morgan fingerprint density at radius 1 is 1.44 bits per heavy atom. The normalized spacial score (nSPS) is 11.9. The molecule has 0 aliphatic heterocycles. The lowest BCUT2D eigenvalue weighted by Gasteiger charge is -1.99. The summed E-state index contributed by atoms with van der Waals surface area (Å²) in [6.45, 7) is 0. The second-order valence-corrected chi connectivity index (χ2v) is 2.29. The molecule has 1 aromatic rings. The van der Waals surface area contributed by atoms with Crippen LogP contribution in [-0.4, -0.2) is 0 Å². The molecule has 0 amide bonds. The maximum Gasteiger partial charge on any atom is 0.425 e. The maximum atomic E-state index is 11.6. The van der Waals surface area contributed by atoms with E-state index in [1.807, 2.05) is 0 Å². The first-order chi connectivity index (χ1) is 4.11. The highest BCUT2D eigenvalue weighted by Crippen LogP contribution is 2.31. The SMILES string of the molecule is FC(F)(F)c1cc[c]s1. The smallest absolute Gasteiger partial charge is 0.165 e. The number of alkyl halides is 3. The fraction of sp³-hybridized carbons (Fsp3) is 0.200. The van der Waals surface area contributed by atoms with Crippen molar-refractivity contribution < 1.29 is 13.2 Å². The number of rotatable bonds is 0. The highest BCUT2D eigenvalue weighted by Gasteiger charge is 2.31. The molecule has 1 heterocycles. The first-order valence-electron chi connectivity index (χ1n) is 2.14. The van der Waals surface area contributed by atoms with Crippen LogP contribution in [0.4, 0.5) is 13.2 Å². The maximum absolute atomic E-state index is 11.6. The third-order valence-corrected chi connectivity index (χ3v) is 1.59. The summed E-state index contributed by atoms with van der Waals surface area (Å²) < 4.78 is 34.8. The van der Waals surface area contributed by atoms with Crippen LogP contribution in [-0.2, 0) is 6.18 Å². The quantitative estimate of drug-likeness (QED) is 0.534. The van der Waals surface area contributed by atoms with Gasteiger partial charge in [-0.15, -0.1) is 11.3 Å². The topological polar surface area (TPSA) is 0 Å². The highest BCUT2D eigenvalue weighted by atomic mass is 32.1. The monoisotopic (exact) mass is 151 g/mol. The van der Waals surface area contributed by atoms with Gasteiger partial charge in [0.25, 0.3) is 0 Å². The Kier molecular flexibility index (Phi) is 1.48. The third-order valence-electron chi connectivity index (χ3n) is 0.751. The molecule has 9 heavy (non-hydrogen) atoms. The van der Waals surface area contributed by atoms with Gasteiger partial charge in [0.15, 0.2) is 0 Å². The minimum absolute atomic E-state index is 0.580. The van der Waals surface area contributed by atoms with Crippen molar-refractivity contribution in [2.75, 3.05) is 0 Å². The van der Waals surface area contributed by atoms with Gasteiger partial charge in [-0.3, -0.25) is 0 Å². The van der Waals surface area contributed by atoms with Gasteiger partial charge in [-0.25, -0.2) is 0 Å². The van der Waals surface area contributed by atoms with E-state index in [1.54, 1.807) is 0 Å². The lowest BCUT2D eigenvalue weighted by atomic mass is 10.5. The van der Waals surface area contributed by atoms with E-state index in [1.165, 1.54) is 6.07 Å². The predicted octanol–water partition coefficient (Wildman–Crippen LogP) is 2.57. The second-order valence-electron chi connectivity index (χ2n) is 1.42. The van der Waals surface area contributed by atoms with Crippen molar-refractivity contribution in [3.8, 4) is 0 Å². The van der Waals surface area contributed by atoms with Crippen molar-refractivity contribution in [1.82, 2.24) is 0 Å². The molecule has 1 aromatic heterocycles. The van der Waals surface area contributed by atoms with Crippen LogP contribution in [0.2, 0.25) is 0 Å². The van der Waals surface area contributed by atoms with Gasteiger partial charge in [0.2, 0.25) is 0 Å². The van der Waals surface area contributed by atoms with Crippen LogP contribution in [0.3, 0.4) is 0 Å². The molecule has 0 aromatic carbocycles. The van der Waals surface area contributed by atoms with Crippen LogP contribution >= 0.6 is 11.3 Å². The fourth-order valence-electron chi connectivity index (χ4n) is 0.394. The number of hydrogen-bond acceptors (Lipinski definition) is 1. The molecule has 4 heteroatoms. The minimum Gasteiger partial charge on any atom is -0.165 e. The summed E-state index contributed by atoms with van der Waals surface area (Å²) in [6.07, 6.45) is -4.19. The van der Waals surface area contributed by atoms with E-state index < -0.39 is 11.1 Å². The van der Waals surface area contributed by atoms with Crippen LogP contribution < -0.4 is 0 Å². The number of halogens is 3. The summed E-state index contributed by atoms with van der Waals surface area (Å²) in [7, 11) is 0. The Morgan fingerprint density at radius 3 is 2.33 bits per heavy atom. The molecule has 0 atom stereocenters. The van der Waals surface area contributed by atoms with E-state index >= 15 is 0 Å². The first-order valence-corrected chi connectivity index (χ1v) is 2.95. The molecule has 0 N–H and O–H groups in total. The van der Waals surface area contributed by atoms with Gasteiger partial charge in [0.05, 0.1) is 0 Å². The molecule has 0 bridgehead atoms. The van der Waals surface area contributed by atoms with Crippen molar-refractivity contribution >= 4 is 11.3 Å². The van der Waals surface area contributed by atoms with Crippen LogP contribution in [0.15, 0.2) is 12.1 Å². The molecule has 0 nitrogen and oxygen atoms in total. The van der Waals surface area contributed by atoms with Gasteiger partial charge < -0.3 is 0 Å². The predicted molar refractivity (Wildman–Crippen MR) is 28.2 cm³/mol. The molecule has 0 saturated heterocycles. The van der Waals surface area contributed by atoms with E-state index in [0.29, 0.717) is 11.3 Å². The largest absolute Gasteiger partial charge is 0.425 e. The lowest BCUT2D eigenvalue weighted by molar-refractivity contribution is -0.134. The van der Waals surface area contributed by atoms with Crippen LogP contribution in [0.1, 0.15) is 4.88 Å². The van der Waals surface area contributed by atoms with E-state index in [-0.39, 0.29) is 0 Å². The summed E-state index contributed by atoms with van der Waals surface area (Å²) in [5.41, 5.74) is 0. The van der Waals surface area contributed by atoms with Gasteiger partial charge in [0.1, 0.15) is 4.88 Å². The van der Waals surface area contributed by atoms with Gasteiger partial charge in [0, 0.05) is 5.38 Å². The van der Waals surface area contributed by atoms with Crippen LogP contribution in [0.5, 0.6) is 0 Å². The Morgan fingerprint density at radius 2 is 2.11 bits per heavy atom. The molecule has 1 radical (unpaired) electrons. The van der Waals surface area contributed by atoms with Gasteiger partial charge in [-0.05, 0) is 12.1 Å². The third kappa shape index (κ3) is 1.45. The fourth-order valence-corrected chi connectivity index (χ4v) is 0.908. The zero-order valence-corrected chi connectivity index (χ0v) is 5.01. The summed E-state index contributed by atoms with van der Waals surface area (Å²) in [4.78, 5) is -0.595. The van der Waals surface area contributed by atoms with E-state index in [0.717, 1.165) is 6.07 Å². The van der Waals surface area contributed by atoms with E-state index in [4.69, 9.17) is 0 Å². The van der Waals surface area contributed by atoms with E-state index in [9.17, 15) is 13.2 Å². The van der Waals surface area contributed by atoms with Crippen LogP contribution in [0.25, 0.3) is 0 Å². The van der Waals surface area contributed by atoms with Crippen LogP contribution in [0, 0.1) is 5.38 Å². The Labute approximate surface area is 53.9 Å². The zero-order chi connectivity index (χ0) is 6.91. The van der Waals surface area contributed by atoms with Gasteiger partial charge in [-0.2, -0.15) is 13.2 Å².